The lowest BCUT2D eigenvalue weighted by Crippen LogP contribution is -2.49. The Labute approximate surface area is 261 Å². The van der Waals surface area contributed by atoms with E-state index in [1.165, 1.54) is 31.3 Å². The minimum absolute atomic E-state index is 0.0729. The number of hydrogen-bond acceptors (Lipinski definition) is 6. The van der Waals surface area contributed by atoms with Crippen LogP contribution in [0.3, 0.4) is 0 Å². The highest BCUT2D eigenvalue weighted by atomic mass is 19.4. The zero-order chi connectivity index (χ0) is 33.6. The van der Waals surface area contributed by atoms with Crippen molar-refractivity contribution in [2.24, 2.45) is 5.92 Å². The fourth-order valence-electron chi connectivity index (χ4n) is 5.23. The van der Waals surface area contributed by atoms with Crippen molar-refractivity contribution in [3.63, 3.8) is 0 Å². The van der Waals surface area contributed by atoms with Gasteiger partial charge in [0.1, 0.15) is 17.8 Å². The molecule has 0 unspecified atom stereocenters. The molecule has 1 saturated heterocycles. The monoisotopic (exact) mass is 652 g/mol. The number of benzene rings is 2. The van der Waals surface area contributed by atoms with Gasteiger partial charge in [-0.15, -0.1) is 0 Å². The largest absolute Gasteiger partial charge is 0.482 e. The Hall–Kier alpha value is -4.45. The van der Waals surface area contributed by atoms with Gasteiger partial charge in [0.25, 0.3) is 11.8 Å². The fourth-order valence-corrected chi connectivity index (χ4v) is 5.23. The molecule has 0 bridgehead atoms. The number of rotatable bonds is 9. The summed E-state index contributed by atoms with van der Waals surface area (Å²) in [4.78, 5) is 31.8. The van der Waals surface area contributed by atoms with Crippen LogP contribution in [0.5, 0.6) is 5.75 Å². The van der Waals surface area contributed by atoms with Crippen LogP contribution in [0.15, 0.2) is 36.7 Å². The summed E-state index contributed by atoms with van der Waals surface area (Å²) in [6, 6.07) is 6.64. The molecule has 15 heteroatoms. The summed E-state index contributed by atoms with van der Waals surface area (Å²) in [6.07, 6.45) is -7.41. The van der Waals surface area contributed by atoms with Crippen LogP contribution in [0.4, 0.5) is 32.0 Å². The molecule has 2 aromatic carbocycles. The highest BCUT2D eigenvalue weighted by molar-refractivity contribution is 6.05. The third kappa shape index (κ3) is 9.06. The van der Waals surface area contributed by atoms with E-state index in [4.69, 9.17) is 4.74 Å². The number of anilines is 1. The zero-order valence-corrected chi connectivity index (χ0v) is 25.4. The smallest absolute Gasteiger partial charge is 0.422 e. The van der Waals surface area contributed by atoms with Crippen LogP contribution in [0, 0.1) is 17.8 Å². The molecule has 2 amide bonds. The van der Waals surface area contributed by atoms with Gasteiger partial charge < -0.3 is 30.2 Å². The number of carbonyl (C=O) groups excluding carboxylic acids is 2. The number of nitrogens with zero attached hydrogens (tertiary/aromatic N) is 3. The van der Waals surface area contributed by atoms with Gasteiger partial charge >= 0.3 is 12.4 Å². The summed E-state index contributed by atoms with van der Waals surface area (Å²) >= 11 is 0. The van der Waals surface area contributed by atoms with Crippen LogP contribution < -0.4 is 20.7 Å². The number of amides is 2. The van der Waals surface area contributed by atoms with Crippen LogP contribution in [0.1, 0.15) is 46.5 Å². The first-order chi connectivity index (χ1) is 21.7. The summed E-state index contributed by atoms with van der Waals surface area (Å²) in [5.74, 6) is 4.52. The quantitative estimate of drug-likeness (QED) is 0.227. The van der Waals surface area contributed by atoms with Crippen molar-refractivity contribution in [3.05, 3.63) is 53.3 Å². The molecular weight excluding hydrogens is 618 g/mol. The molecule has 1 aromatic heterocycles. The van der Waals surface area contributed by atoms with E-state index in [1.54, 1.807) is 0 Å². The highest BCUT2D eigenvalue weighted by Crippen LogP contribution is 2.29. The predicted octanol–water partition coefficient (Wildman–Crippen LogP) is 4.82. The number of alkyl halides is 6. The second-order valence-electron chi connectivity index (χ2n) is 11.0. The topological polar surface area (TPSA) is 101 Å². The second kappa shape index (κ2) is 14.3. The van der Waals surface area contributed by atoms with Gasteiger partial charge in [-0.05, 0) is 49.2 Å². The van der Waals surface area contributed by atoms with E-state index >= 15 is 0 Å². The van der Waals surface area contributed by atoms with E-state index < -0.39 is 37.3 Å². The lowest BCUT2D eigenvalue weighted by atomic mass is 9.93. The Morgan fingerprint density at radius 1 is 1.09 bits per heavy atom. The van der Waals surface area contributed by atoms with Gasteiger partial charge in [0.05, 0.1) is 29.6 Å². The number of carbonyl (C=O) groups is 2. The molecule has 9 nitrogen and oxygen atoms in total. The van der Waals surface area contributed by atoms with Crippen molar-refractivity contribution in [2.45, 2.75) is 45.2 Å². The standard InChI is InChI=1S/C31H34F6N6O3/c1-4-42-11-9-23(19(2)15-42)41-29(45)22-12-20(13-25-27(22)40-18-43(25)16-30(32,33)34)6-5-10-39-24-8-7-21(28(44)38-3)14-26(24)46-17-31(35,36)37/h7-8,12-14,18-19,23,39H,4,9-11,15-17H2,1-3H3,(H,38,44)(H,41,45)/t19-,23-/m0/s1. The minimum atomic E-state index is -4.62. The highest BCUT2D eigenvalue weighted by Gasteiger charge is 2.31. The summed E-state index contributed by atoms with van der Waals surface area (Å²) in [6.45, 7) is 3.56. The van der Waals surface area contributed by atoms with Crippen molar-refractivity contribution in [2.75, 3.05) is 45.2 Å². The van der Waals surface area contributed by atoms with E-state index in [1.807, 2.05) is 6.92 Å². The maximum Gasteiger partial charge on any atom is 0.422 e. The number of imidazole rings is 1. The first-order valence-electron chi connectivity index (χ1n) is 14.5. The van der Waals surface area contributed by atoms with E-state index in [-0.39, 0.29) is 57.7 Å². The number of nitrogens with one attached hydrogen (secondary N) is 3. The molecular formula is C31H34F6N6O3. The second-order valence-corrected chi connectivity index (χ2v) is 11.0. The van der Waals surface area contributed by atoms with E-state index in [0.717, 1.165) is 43.0 Å². The molecule has 3 aromatic rings. The number of halogens is 6. The van der Waals surface area contributed by atoms with Crippen molar-refractivity contribution >= 4 is 28.5 Å². The minimum Gasteiger partial charge on any atom is -0.482 e. The third-order valence-electron chi connectivity index (χ3n) is 7.53. The van der Waals surface area contributed by atoms with Gasteiger partial charge in [-0.3, -0.25) is 9.59 Å². The van der Waals surface area contributed by atoms with Crippen LogP contribution in [0.2, 0.25) is 0 Å². The maximum atomic E-state index is 13.5. The molecule has 2 heterocycles. The Bertz CT molecular complexity index is 1620. The number of piperidine rings is 1. The Morgan fingerprint density at radius 2 is 1.85 bits per heavy atom. The summed E-state index contributed by atoms with van der Waals surface area (Å²) < 4.78 is 84.2. The van der Waals surface area contributed by atoms with E-state index in [2.05, 4.69) is 44.6 Å². The molecule has 0 saturated carbocycles. The van der Waals surface area contributed by atoms with Crippen LogP contribution >= 0.6 is 0 Å². The Balaban J connectivity index is 1.60. The van der Waals surface area contributed by atoms with Crippen LogP contribution in [-0.4, -0.2) is 84.5 Å². The van der Waals surface area contributed by atoms with Gasteiger partial charge in [-0.2, -0.15) is 26.3 Å². The number of likely N-dealkylation sites (tertiary alicyclic amines) is 1. The third-order valence-corrected chi connectivity index (χ3v) is 7.53. The lowest BCUT2D eigenvalue weighted by molar-refractivity contribution is -0.153. The molecule has 4 rings (SSSR count). The molecule has 0 spiro atoms. The Kier molecular flexibility index (Phi) is 10.7. The van der Waals surface area contributed by atoms with Gasteiger partial charge in [0, 0.05) is 37.3 Å². The van der Waals surface area contributed by atoms with Gasteiger partial charge in [-0.25, -0.2) is 4.98 Å². The van der Waals surface area contributed by atoms with Crippen molar-refractivity contribution < 1.29 is 40.7 Å². The number of hydrogen-bond donors (Lipinski definition) is 3. The van der Waals surface area contributed by atoms with Gasteiger partial charge in [0.15, 0.2) is 6.61 Å². The fraction of sp³-hybridized carbons (Fsp3) is 0.452. The molecule has 1 fully saturated rings. The first kappa shape index (κ1) is 34.4. The van der Waals surface area contributed by atoms with E-state index in [9.17, 15) is 35.9 Å². The average Bonchev–Trinajstić information content (AvgIpc) is 3.39. The molecule has 0 radical (unpaired) electrons. The molecule has 248 valence electrons. The molecule has 0 aliphatic carbocycles. The van der Waals surface area contributed by atoms with Gasteiger partial charge in [-0.1, -0.05) is 25.7 Å². The summed E-state index contributed by atoms with van der Waals surface area (Å²) in [5, 5.41) is 8.24. The van der Waals surface area contributed by atoms with Crippen molar-refractivity contribution in [3.8, 4) is 17.6 Å². The summed E-state index contributed by atoms with van der Waals surface area (Å²) in [7, 11) is 1.37. The van der Waals surface area contributed by atoms with Crippen LogP contribution in [-0.2, 0) is 6.54 Å². The molecule has 3 N–H and O–H groups in total. The Morgan fingerprint density at radius 3 is 2.50 bits per heavy atom. The summed E-state index contributed by atoms with van der Waals surface area (Å²) in [5.41, 5.74) is 0.703. The lowest BCUT2D eigenvalue weighted by Gasteiger charge is -2.36. The molecule has 1 aliphatic heterocycles. The molecule has 2 atom stereocenters. The first-order valence-corrected chi connectivity index (χ1v) is 14.5. The van der Waals surface area contributed by atoms with E-state index in [0.29, 0.717) is 0 Å². The molecule has 46 heavy (non-hydrogen) atoms. The number of fused-ring (bicyclic) bond motifs is 1. The number of aromatic nitrogens is 2. The van der Waals surface area contributed by atoms with Crippen molar-refractivity contribution in [1.82, 2.24) is 25.1 Å². The SMILES string of the molecule is CCN1CC[C@H](NC(=O)c2cc(C#CCNc3ccc(C(=O)NC)cc3OCC(F)(F)F)cc3c2ncn3CC(F)(F)F)[C@@H](C)C1. The normalized spacial score (nSPS) is 17.2. The van der Waals surface area contributed by atoms with Crippen molar-refractivity contribution in [1.29, 1.82) is 0 Å². The zero-order valence-electron chi connectivity index (χ0n) is 25.4. The number of ether oxygens (including phenoxy) is 1. The van der Waals surface area contributed by atoms with Crippen LogP contribution in [0.25, 0.3) is 11.0 Å². The van der Waals surface area contributed by atoms with Gasteiger partial charge in [0.2, 0.25) is 0 Å². The average molecular weight is 653 g/mol. The maximum absolute atomic E-state index is 13.5. The molecule has 1 aliphatic rings. The predicted molar refractivity (Wildman–Crippen MR) is 160 cm³/mol.